The largest absolute Gasteiger partial charge is 0.465 e. The number of nitrogens with one attached hydrogen (secondary N) is 2. The Morgan fingerprint density at radius 2 is 2.08 bits per heavy atom. The van der Waals surface area contributed by atoms with E-state index in [9.17, 15) is 9.59 Å². The molecule has 136 valence electrons. The number of morpholine rings is 1. The van der Waals surface area contributed by atoms with Crippen molar-refractivity contribution in [2.24, 2.45) is 0 Å². The molecule has 2 N–H and O–H groups in total. The molecule has 0 aliphatic carbocycles. The van der Waals surface area contributed by atoms with Crippen LogP contribution in [0.15, 0.2) is 30.3 Å². The van der Waals surface area contributed by atoms with Crippen molar-refractivity contribution in [3.63, 3.8) is 0 Å². The van der Waals surface area contributed by atoms with Crippen LogP contribution in [0.5, 0.6) is 0 Å². The molecule has 0 spiro atoms. The lowest BCUT2D eigenvalue weighted by Gasteiger charge is -2.35. The van der Waals surface area contributed by atoms with Crippen LogP contribution in [0, 0.1) is 0 Å². The zero-order chi connectivity index (χ0) is 17.6. The summed E-state index contributed by atoms with van der Waals surface area (Å²) in [5.74, 6) is -0.430. The Morgan fingerprint density at radius 1 is 1.28 bits per heavy atom. The predicted molar refractivity (Wildman–Crippen MR) is 92.1 cm³/mol. The summed E-state index contributed by atoms with van der Waals surface area (Å²) in [5, 5.41) is 5.47. The van der Waals surface area contributed by atoms with E-state index in [1.807, 2.05) is 18.2 Å². The second kappa shape index (κ2) is 8.31. The molecule has 2 heterocycles. The molecule has 0 radical (unpaired) electrons. The molecule has 25 heavy (non-hydrogen) atoms. The lowest BCUT2D eigenvalue weighted by molar-refractivity contribution is -0.141. The first kappa shape index (κ1) is 17.7. The van der Waals surface area contributed by atoms with E-state index in [4.69, 9.17) is 9.47 Å². The van der Waals surface area contributed by atoms with Crippen molar-refractivity contribution in [1.29, 1.82) is 0 Å². The van der Waals surface area contributed by atoms with Crippen LogP contribution in [0.25, 0.3) is 0 Å². The molecule has 2 fully saturated rings. The Morgan fingerprint density at radius 3 is 2.84 bits per heavy atom. The minimum Gasteiger partial charge on any atom is -0.465 e. The molecule has 2 aliphatic heterocycles. The fourth-order valence-electron chi connectivity index (χ4n) is 3.45. The highest BCUT2D eigenvalue weighted by Crippen LogP contribution is 2.30. The molecule has 7 nitrogen and oxygen atoms in total. The molecule has 2 aliphatic rings. The van der Waals surface area contributed by atoms with Gasteiger partial charge >= 0.3 is 12.0 Å². The van der Waals surface area contributed by atoms with Gasteiger partial charge in [0.2, 0.25) is 0 Å². The summed E-state index contributed by atoms with van der Waals surface area (Å²) in [6.45, 7) is 4.23. The zero-order valence-corrected chi connectivity index (χ0v) is 14.4. The third-order valence-electron chi connectivity index (χ3n) is 4.62. The van der Waals surface area contributed by atoms with Crippen LogP contribution in [-0.2, 0) is 14.3 Å². The fraction of sp³-hybridized carbons (Fsp3) is 0.556. The summed E-state index contributed by atoms with van der Waals surface area (Å²) in [7, 11) is 0. The summed E-state index contributed by atoms with van der Waals surface area (Å²) < 4.78 is 10.8. The van der Waals surface area contributed by atoms with Crippen molar-refractivity contribution in [3.05, 3.63) is 35.9 Å². The van der Waals surface area contributed by atoms with E-state index in [2.05, 4.69) is 27.7 Å². The number of ether oxygens (including phenoxy) is 2. The topological polar surface area (TPSA) is 79.9 Å². The van der Waals surface area contributed by atoms with Gasteiger partial charge in [-0.3, -0.25) is 9.69 Å². The monoisotopic (exact) mass is 347 g/mol. The number of hydrogen-bond acceptors (Lipinski definition) is 5. The van der Waals surface area contributed by atoms with Gasteiger partial charge in [0.25, 0.3) is 0 Å². The Balaban J connectivity index is 1.45. The lowest BCUT2D eigenvalue weighted by atomic mass is 10.1. The normalized spacial score (nSPS) is 25.9. The first-order chi connectivity index (χ1) is 12.2. The van der Waals surface area contributed by atoms with Gasteiger partial charge in [0.15, 0.2) is 0 Å². The van der Waals surface area contributed by atoms with E-state index in [1.54, 1.807) is 6.92 Å². The average molecular weight is 347 g/mol. The SMILES string of the molecule is CCOC(=O)CNC(=O)N[C@H]1C[C@H]2CO[C@@H](c3ccccc3)CN2C1. The number of esters is 1. The molecule has 3 atom stereocenters. The number of carbonyl (C=O) groups is 2. The number of amides is 2. The summed E-state index contributed by atoms with van der Waals surface area (Å²) in [5.41, 5.74) is 1.18. The number of carbonyl (C=O) groups excluding carboxylic acids is 2. The molecule has 7 heteroatoms. The second-order valence-corrected chi connectivity index (χ2v) is 6.41. The molecular weight excluding hydrogens is 322 g/mol. The van der Waals surface area contributed by atoms with Crippen molar-refractivity contribution in [3.8, 4) is 0 Å². The molecule has 0 bridgehead atoms. The summed E-state index contributed by atoms with van der Waals surface area (Å²) >= 11 is 0. The van der Waals surface area contributed by atoms with Gasteiger partial charge in [0.05, 0.1) is 19.3 Å². The van der Waals surface area contributed by atoms with Crippen LogP contribution in [0.4, 0.5) is 4.79 Å². The molecule has 2 amide bonds. The summed E-state index contributed by atoms with van der Waals surface area (Å²) in [4.78, 5) is 25.6. The Labute approximate surface area is 147 Å². The number of nitrogens with zero attached hydrogens (tertiary/aromatic N) is 1. The predicted octanol–water partition coefficient (Wildman–Crippen LogP) is 1.06. The van der Waals surface area contributed by atoms with E-state index < -0.39 is 5.97 Å². The second-order valence-electron chi connectivity index (χ2n) is 6.41. The van der Waals surface area contributed by atoms with E-state index in [0.29, 0.717) is 19.3 Å². The fourth-order valence-corrected chi connectivity index (χ4v) is 3.45. The third kappa shape index (κ3) is 4.70. The van der Waals surface area contributed by atoms with Crippen LogP contribution < -0.4 is 10.6 Å². The molecule has 2 saturated heterocycles. The lowest BCUT2D eigenvalue weighted by Crippen LogP contribution is -2.45. The van der Waals surface area contributed by atoms with Crippen molar-refractivity contribution in [1.82, 2.24) is 15.5 Å². The molecule has 0 unspecified atom stereocenters. The molecule has 1 aromatic carbocycles. The quantitative estimate of drug-likeness (QED) is 0.779. The third-order valence-corrected chi connectivity index (χ3v) is 4.62. The van der Waals surface area contributed by atoms with Gasteiger partial charge in [-0.05, 0) is 18.9 Å². The number of fused-ring (bicyclic) bond motifs is 1. The standard InChI is InChI=1S/C18H25N3O4/c1-2-24-17(22)9-19-18(23)20-14-8-15-12-25-16(11-21(15)10-14)13-6-4-3-5-7-13/h3-7,14-16H,2,8-12H2,1H3,(H2,19,20,23)/t14-,15-,16+/m0/s1. The van der Waals surface area contributed by atoms with Crippen molar-refractivity contribution >= 4 is 12.0 Å². The Kier molecular flexibility index (Phi) is 5.88. The van der Waals surface area contributed by atoms with Gasteiger partial charge in [-0.15, -0.1) is 0 Å². The summed E-state index contributed by atoms with van der Waals surface area (Å²) in [6, 6.07) is 10.3. The number of hydrogen-bond donors (Lipinski definition) is 2. The maximum absolute atomic E-state index is 11.9. The van der Waals surface area contributed by atoms with Crippen molar-refractivity contribution < 1.29 is 19.1 Å². The highest BCUT2D eigenvalue weighted by molar-refractivity contribution is 5.80. The van der Waals surface area contributed by atoms with E-state index >= 15 is 0 Å². The van der Waals surface area contributed by atoms with Gasteiger partial charge in [0, 0.05) is 25.2 Å². The highest BCUT2D eigenvalue weighted by atomic mass is 16.5. The zero-order valence-electron chi connectivity index (χ0n) is 14.4. The maximum atomic E-state index is 11.9. The van der Waals surface area contributed by atoms with Gasteiger partial charge in [0.1, 0.15) is 6.54 Å². The minimum absolute atomic E-state index is 0.0605. The Bertz CT molecular complexity index is 595. The number of rotatable bonds is 5. The van der Waals surface area contributed by atoms with Gasteiger partial charge in [-0.2, -0.15) is 0 Å². The van der Waals surface area contributed by atoms with Gasteiger partial charge < -0.3 is 20.1 Å². The molecule has 0 aromatic heterocycles. The first-order valence-electron chi connectivity index (χ1n) is 8.76. The number of benzene rings is 1. The molecular formula is C18H25N3O4. The number of urea groups is 1. The van der Waals surface area contributed by atoms with Crippen molar-refractivity contribution in [2.45, 2.75) is 31.5 Å². The van der Waals surface area contributed by atoms with Crippen LogP contribution in [0.3, 0.4) is 0 Å². The van der Waals surface area contributed by atoms with Crippen LogP contribution in [0.1, 0.15) is 25.0 Å². The van der Waals surface area contributed by atoms with E-state index in [0.717, 1.165) is 19.5 Å². The van der Waals surface area contributed by atoms with E-state index in [1.165, 1.54) is 5.56 Å². The molecule has 0 saturated carbocycles. The van der Waals surface area contributed by atoms with Gasteiger partial charge in [-0.1, -0.05) is 30.3 Å². The van der Waals surface area contributed by atoms with Crippen LogP contribution >= 0.6 is 0 Å². The highest BCUT2D eigenvalue weighted by Gasteiger charge is 2.38. The van der Waals surface area contributed by atoms with E-state index in [-0.39, 0.29) is 24.7 Å². The summed E-state index contributed by atoms with van der Waals surface area (Å²) in [6.07, 6.45) is 0.933. The smallest absolute Gasteiger partial charge is 0.325 e. The van der Waals surface area contributed by atoms with Crippen molar-refractivity contribution in [2.75, 3.05) is 32.8 Å². The molecule has 3 rings (SSSR count). The van der Waals surface area contributed by atoms with Crippen LogP contribution in [0.2, 0.25) is 0 Å². The molecule has 1 aromatic rings. The average Bonchev–Trinajstić information content (AvgIpc) is 3.02. The minimum atomic E-state index is -0.430. The maximum Gasteiger partial charge on any atom is 0.325 e. The Hall–Kier alpha value is -2.12. The first-order valence-corrected chi connectivity index (χ1v) is 8.76. The van der Waals surface area contributed by atoms with Gasteiger partial charge in [-0.25, -0.2) is 4.79 Å². The van der Waals surface area contributed by atoms with Crippen LogP contribution in [-0.4, -0.2) is 61.8 Å².